The first-order valence-electron chi connectivity index (χ1n) is 5.05. The predicted octanol–water partition coefficient (Wildman–Crippen LogP) is 4.28. The predicted molar refractivity (Wildman–Crippen MR) is 76.2 cm³/mol. The van der Waals surface area contributed by atoms with Crippen molar-refractivity contribution in [3.8, 4) is 0 Å². The number of hydrogen-bond donors (Lipinski definition) is 2. The number of pyridine rings is 1. The Bertz CT molecular complexity index is 531. The van der Waals surface area contributed by atoms with Crippen LogP contribution in [-0.2, 0) is 0 Å². The molecule has 0 aliphatic heterocycles. The maximum Gasteiger partial charge on any atom is 0.127 e. The lowest BCUT2D eigenvalue weighted by atomic mass is 10.3. The number of benzene rings is 1. The maximum atomic E-state index is 5.89. The molecule has 0 amide bonds. The highest BCUT2D eigenvalue weighted by Gasteiger charge is 2.02. The highest BCUT2D eigenvalue weighted by molar-refractivity contribution is 9.10. The molecular formula is C12H11BrClN3. The molecule has 1 heterocycles. The molecule has 0 aliphatic carbocycles. The van der Waals surface area contributed by atoms with Crippen LogP contribution in [0.2, 0.25) is 5.02 Å². The lowest BCUT2D eigenvalue weighted by molar-refractivity contribution is 1.28. The van der Waals surface area contributed by atoms with Gasteiger partial charge in [0.15, 0.2) is 0 Å². The molecular weight excluding hydrogens is 302 g/mol. The number of rotatable bonds is 3. The van der Waals surface area contributed by atoms with Gasteiger partial charge in [0.25, 0.3) is 0 Å². The van der Waals surface area contributed by atoms with Gasteiger partial charge in [-0.25, -0.2) is 4.98 Å². The molecule has 0 saturated heterocycles. The topological polar surface area (TPSA) is 37.0 Å². The van der Waals surface area contributed by atoms with Crippen LogP contribution in [0.4, 0.5) is 17.2 Å². The summed E-state index contributed by atoms with van der Waals surface area (Å²) in [4.78, 5) is 4.15. The molecule has 2 aromatic rings. The minimum absolute atomic E-state index is 0.702. The molecule has 1 aromatic heterocycles. The lowest BCUT2D eigenvalue weighted by Crippen LogP contribution is -1.95. The molecule has 0 aliphatic rings. The Labute approximate surface area is 113 Å². The van der Waals surface area contributed by atoms with Crippen molar-refractivity contribution in [3.63, 3.8) is 0 Å². The second kappa shape index (κ2) is 5.38. The van der Waals surface area contributed by atoms with Crippen LogP contribution in [0.25, 0.3) is 0 Å². The van der Waals surface area contributed by atoms with Gasteiger partial charge < -0.3 is 10.6 Å². The van der Waals surface area contributed by atoms with Crippen LogP contribution in [0.5, 0.6) is 0 Å². The van der Waals surface area contributed by atoms with Gasteiger partial charge in [0.2, 0.25) is 0 Å². The molecule has 2 N–H and O–H groups in total. The van der Waals surface area contributed by atoms with Crippen LogP contribution >= 0.6 is 27.5 Å². The quantitative estimate of drug-likeness (QED) is 0.888. The van der Waals surface area contributed by atoms with Crippen molar-refractivity contribution in [2.24, 2.45) is 0 Å². The fourth-order valence-corrected chi connectivity index (χ4v) is 2.17. The van der Waals surface area contributed by atoms with Crippen LogP contribution in [0, 0.1) is 0 Å². The molecule has 0 fully saturated rings. The molecule has 0 spiro atoms. The number of anilines is 3. The number of halogens is 2. The third kappa shape index (κ3) is 3.11. The first-order chi connectivity index (χ1) is 8.19. The summed E-state index contributed by atoms with van der Waals surface area (Å²) in [6.07, 6.45) is 1.75. The van der Waals surface area contributed by atoms with Crippen molar-refractivity contribution in [1.82, 2.24) is 4.98 Å². The van der Waals surface area contributed by atoms with Crippen molar-refractivity contribution < 1.29 is 0 Å². The molecule has 0 radical (unpaired) electrons. The summed E-state index contributed by atoms with van der Waals surface area (Å²) in [5.74, 6) is 0.820. The number of hydrogen-bond acceptors (Lipinski definition) is 3. The van der Waals surface area contributed by atoms with E-state index >= 15 is 0 Å². The lowest BCUT2D eigenvalue weighted by Gasteiger charge is -2.09. The van der Waals surface area contributed by atoms with Gasteiger partial charge >= 0.3 is 0 Å². The zero-order chi connectivity index (χ0) is 12.3. The van der Waals surface area contributed by atoms with Crippen molar-refractivity contribution in [2.75, 3.05) is 17.7 Å². The van der Waals surface area contributed by atoms with Crippen LogP contribution in [0.15, 0.2) is 41.0 Å². The zero-order valence-electron chi connectivity index (χ0n) is 9.17. The molecule has 0 saturated carbocycles. The Morgan fingerprint density at radius 1 is 1.24 bits per heavy atom. The van der Waals surface area contributed by atoms with Crippen LogP contribution in [0.3, 0.4) is 0 Å². The van der Waals surface area contributed by atoms with Crippen molar-refractivity contribution in [3.05, 3.63) is 46.0 Å². The molecule has 1 aromatic carbocycles. The highest BCUT2D eigenvalue weighted by Crippen LogP contribution is 2.28. The Morgan fingerprint density at radius 2 is 2.06 bits per heavy atom. The summed E-state index contributed by atoms with van der Waals surface area (Å²) in [6, 6.07) is 9.45. The summed E-state index contributed by atoms with van der Waals surface area (Å²) in [7, 11) is 1.84. The average Bonchev–Trinajstić information content (AvgIpc) is 2.33. The molecule has 0 bridgehead atoms. The summed E-state index contributed by atoms with van der Waals surface area (Å²) in [5.41, 5.74) is 1.93. The van der Waals surface area contributed by atoms with Crippen molar-refractivity contribution >= 4 is 44.7 Å². The first-order valence-corrected chi connectivity index (χ1v) is 6.22. The zero-order valence-corrected chi connectivity index (χ0v) is 11.5. The Kier molecular flexibility index (Phi) is 3.86. The molecule has 0 atom stereocenters. The van der Waals surface area contributed by atoms with Crippen LogP contribution < -0.4 is 10.6 Å². The fraction of sp³-hybridized carbons (Fsp3) is 0.0833. The molecule has 3 nitrogen and oxygen atoms in total. The molecule has 0 unspecified atom stereocenters. The Morgan fingerprint density at radius 3 is 2.76 bits per heavy atom. The average molecular weight is 313 g/mol. The van der Waals surface area contributed by atoms with E-state index in [0.29, 0.717) is 5.02 Å². The van der Waals surface area contributed by atoms with E-state index in [4.69, 9.17) is 11.6 Å². The molecule has 17 heavy (non-hydrogen) atoms. The molecule has 88 valence electrons. The van der Waals surface area contributed by atoms with Gasteiger partial charge in [-0.05, 0) is 40.2 Å². The van der Waals surface area contributed by atoms with Gasteiger partial charge in [-0.3, -0.25) is 0 Å². The van der Waals surface area contributed by atoms with Gasteiger partial charge in [0, 0.05) is 34.5 Å². The summed E-state index contributed by atoms with van der Waals surface area (Å²) < 4.78 is 0.924. The van der Waals surface area contributed by atoms with Gasteiger partial charge in [-0.1, -0.05) is 11.6 Å². The van der Waals surface area contributed by atoms with Crippen LogP contribution in [0.1, 0.15) is 0 Å². The van der Waals surface area contributed by atoms with Crippen molar-refractivity contribution in [1.29, 1.82) is 0 Å². The summed E-state index contributed by atoms with van der Waals surface area (Å²) >= 11 is 9.35. The van der Waals surface area contributed by atoms with E-state index < -0.39 is 0 Å². The van der Waals surface area contributed by atoms with Gasteiger partial charge in [-0.2, -0.15) is 0 Å². The third-order valence-corrected chi connectivity index (χ3v) is 3.12. The maximum absolute atomic E-state index is 5.89. The van der Waals surface area contributed by atoms with Crippen LogP contribution in [-0.4, -0.2) is 12.0 Å². The number of nitrogens with one attached hydrogen (secondary N) is 2. The first kappa shape index (κ1) is 12.2. The highest BCUT2D eigenvalue weighted by atomic mass is 79.9. The molecule has 5 heteroatoms. The van der Waals surface area contributed by atoms with E-state index in [2.05, 4.69) is 31.5 Å². The van der Waals surface area contributed by atoms with E-state index in [0.717, 1.165) is 21.7 Å². The fourth-order valence-electron chi connectivity index (χ4n) is 1.39. The largest absolute Gasteiger partial charge is 0.373 e. The smallest absolute Gasteiger partial charge is 0.127 e. The third-order valence-electron chi connectivity index (χ3n) is 2.23. The summed E-state index contributed by atoms with van der Waals surface area (Å²) in [6.45, 7) is 0. The van der Waals surface area contributed by atoms with E-state index in [9.17, 15) is 0 Å². The minimum atomic E-state index is 0.702. The standard InChI is InChI=1S/C12H11BrClN3/c1-15-12-7-9(4-5-16-12)17-11-3-2-8(14)6-10(11)13/h2-7H,1H3,(H2,15,16,17). The number of nitrogens with zero attached hydrogens (tertiary/aromatic N) is 1. The Balaban J connectivity index is 2.25. The molecule has 2 rings (SSSR count). The van der Waals surface area contributed by atoms with Gasteiger partial charge in [-0.15, -0.1) is 0 Å². The van der Waals surface area contributed by atoms with Gasteiger partial charge in [0.1, 0.15) is 5.82 Å². The van der Waals surface area contributed by atoms with E-state index in [1.165, 1.54) is 0 Å². The normalized spacial score (nSPS) is 10.1. The monoisotopic (exact) mass is 311 g/mol. The number of aromatic nitrogens is 1. The van der Waals surface area contributed by atoms with Crippen molar-refractivity contribution in [2.45, 2.75) is 0 Å². The van der Waals surface area contributed by atoms with E-state index in [-0.39, 0.29) is 0 Å². The second-order valence-electron chi connectivity index (χ2n) is 3.43. The summed E-state index contributed by atoms with van der Waals surface area (Å²) in [5, 5.41) is 6.98. The Hall–Kier alpha value is -1.26. The second-order valence-corrected chi connectivity index (χ2v) is 4.72. The SMILES string of the molecule is CNc1cc(Nc2ccc(Cl)cc2Br)ccn1. The van der Waals surface area contributed by atoms with E-state index in [1.54, 1.807) is 6.20 Å². The minimum Gasteiger partial charge on any atom is -0.373 e. The van der Waals surface area contributed by atoms with E-state index in [1.807, 2.05) is 37.4 Å². The van der Waals surface area contributed by atoms with Gasteiger partial charge in [0.05, 0.1) is 5.69 Å².